The van der Waals surface area contributed by atoms with Gasteiger partial charge in [-0.25, -0.2) is 4.98 Å². The third-order valence-corrected chi connectivity index (χ3v) is 1.90. The summed E-state index contributed by atoms with van der Waals surface area (Å²) in [5.74, 6) is 0.787. The molecule has 0 N–H and O–H groups in total. The SMILES string of the molecule is [c]1coc(-c2nccs2)c1. The van der Waals surface area contributed by atoms with Crippen molar-refractivity contribution in [3.8, 4) is 10.8 Å². The minimum atomic E-state index is 0.787. The van der Waals surface area contributed by atoms with Gasteiger partial charge in [0.25, 0.3) is 0 Å². The average Bonchev–Trinajstić information content (AvgIpc) is 2.59. The van der Waals surface area contributed by atoms with Gasteiger partial charge in [0.05, 0.1) is 6.26 Å². The van der Waals surface area contributed by atoms with Crippen molar-refractivity contribution in [3.63, 3.8) is 0 Å². The maximum atomic E-state index is 5.07. The van der Waals surface area contributed by atoms with Crippen LogP contribution in [0.25, 0.3) is 10.8 Å². The van der Waals surface area contributed by atoms with Gasteiger partial charge >= 0.3 is 0 Å². The molecule has 3 heteroatoms. The van der Waals surface area contributed by atoms with E-state index in [9.17, 15) is 0 Å². The zero-order valence-electron chi connectivity index (χ0n) is 5.07. The molecule has 0 atom stereocenters. The van der Waals surface area contributed by atoms with Crippen molar-refractivity contribution in [2.45, 2.75) is 0 Å². The molecular formula is C7H4NOS. The highest BCUT2D eigenvalue weighted by Gasteiger charge is 2.00. The molecule has 0 saturated carbocycles. The Hall–Kier alpha value is -1.09. The zero-order valence-corrected chi connectivity index (χ0v) is 5.89. The molecule has 0 fully saturated rings. The number of thiazole rings is 1. The topological polar surface area (TPSA) is 26.0 Å². The maximum absolute atomic E-state index is 5.07. The van der Waals surface area contributed by atoms with Crippen LogP contribution in [0.5, 0.6) is 0 Å². The standard InChI is InChI=1S/C7H4NOS/c1-2-6(9-4-1)7-8-3-5-10-7/h2-5H. The highest BCUT2D eigenvalue weighted by Crippen LogP contribution is 2.20. The van der Waals surface area contributed by atoms with E-state index in [0.29, 0.717) is 0 Å². The van der Waals surface area contributed by atoms with Crippen LogP contribution in [0.1, 0.15) is 0 Å². The zero-order chi connectivity index (χ0) is 6.81. The maximum Gasteiger partial charge on any atom is 0.163 e. The highest BCUT2D eigenvalue weighted by atomic mass is 32.1. The monoisotopic (exact) mass is 150 g/mol. The lowest BCUT2D eigenvalue weighted by Crippen LogP contribution is -1.65. The van der Waals surface area contributed by atoms with Crippen molar-refractivity contribution in [2.24, 2.45) is 0 Å². The lowest BCUT2D eigenvalue weighted by molar-refractivity contribution is 0.581. The molecule has 0 unspecified atom stereocenters. The summed E-state index contributed by atoms with van der Waals surface area (Å²) in [5.41, 5.74) is 0. The second-order valence-electron chi connectivity index (χ2n) is 1.75. The summed E-state index contributed by atoms with van der Waals surface area (Å²) in [5, 5.41) is 2.82. The molecule has 0 spiro atoms. The molecule has 1 radical (unpaired) electrons. The summed E-state index contributed by atoms with van der Waals surface area (Å²) < 4.78 is 5.07. The molecule has 0 aliphatic rings. The smallest absolute Gasteiger partial charge is 0.163 e. The fourth-order valence-corrected chi connectivity index (χ4v) is 1.29. The van der Waals surface area contributed by atoms with Crippen molar-refractivity contribution in [2.75, 3.05) is 0 Å². The third-order valence-electron chi connectivity index (χ3n) is 1.11. The van der Waals surface area contributed by atoms with Gasteiger partial charge in [-0.2, -0.15) is 0 Å². The average molecular weight is 150 g/mol. The molecule has 0 aliphatic heterocycles. The lowest BCUT2D eigenvalue weighted by Gasteiger charge is -1.83. The first-order valence-corrected chi connectivity index (χ1v) is 3.69. The summed E-state index contributed by atoms with van der Waals surface area (Å²) >= 11 is 1.56. The molecule has 0 bridgehead atoms. The van der Waals surface area contributed by atoms with Crippen molar-refractivity contribution in [3.05, 3.63) is 30.0 Å². The van der Waals surface area contributed by atoms with Crippen molar-refractivity contribution in [1.29, 1.82) is 0 Å². The molecule has 2 aromatic heterocycles. The van der Waals surface area contributed by atoms with Crippen LogP contribution in [0.15, 0.2) is 28.3 Å². The van der Waals surface area contributed by atoms with Crippen LogP contribution in [0.2, 0.25) is 0 Å². The van der Waals surface area contributed by atoms with Gasteiger partial charge in [-0.15, -0.1) is 11.3 Å². The molecule has 0 saturated heterocycles. The summed E-state index contributed by atoms with van der Waals surface area (Å²) in [6.07, 6.45) is 3.28. The van der Waals surface area contributed by atoms with Gasteiger partial charge in [-0.3, -0.25) is 0 Å². The Morgan fingerprint density at radius 2 is 2.60 bits per heavy atom. The second-order valence-corrected chi connectivity index (χ2v) is 2.64. The molecule has 0 amide bonds. The fourth-order valence-electron chi connectivity index (χ4n) is 0.699. The van der Waals surface area contributed by atoms with Crippen LogP contribution >= 0.6 is 11.3 Å². The van der Waals surface area contributed by atoms with E-state index in [4.69, 9.17) is 4.42 Å². The van der Waals surface area contributed by atoms with E-state index >= 15 is 0 Å². The van der Waals surface area contributed by atoms with Gasteiger partial charge in [-0.05, 0) is 6.07 Å². The molecule has 0 aromatic carbocycles. The minimum Gasteiger partial charge on any atom is -0.461 e. The third kappa shape index (κ3) is 0.844. The van der Waals surface area contributed by atoms with Gasteiger partial charge in [0, 0.05) is 17.6 Å². The predicted molar refractivity (Wildman–Crippen MR) is 38.7 cm³/mol. The number of hydrogen-bond donors (Lipinski definition) is 0. The summed E-state index contributed by atoms with van der Waals surface area (Å²) in [7, 11) is 0. The Morgan fingerprint density at radius 1 is 1.60 bits per heavy atom. The molecule has 2 heterocycles. The first-order valence-electron chi connectivity index (χ1n) is 2.81. The van der Waals surface area contributed by atoms with Crippen LogP contribution < -0.4 is 0 Å². The van der Waals surface area contributed by atoms with Crippen molar-refractivity contribution < 1.29 is 4.42 Å². The predicted octanol–water partition coefficient (Wildman–Crippen LogP) is 2.20. The lowest BCUT2D eigenvalue weighted by atomic mass is 10.5. The molecule has 2 nitrogen and oxygen atoms in total. The van der Waals surface area contributed by atoms with E-state index in [2.05, 4.69) is 11.1 Å². The van der Waals surface area contributed by atoms with Gasteiger partial charge in [-0.1, -0.05) is 0 Å². The van der Waals surface area contributed by atoms with Crippen LogP contribution in [-0.2, 0) is 0 Å². The molecule has 49 valence electrons. The number of furan rings is 1. The van der Waals surface area contributed by atoms with E-state index in [1.165, 1.54) is 6.26 Å². The van der Waals surface area contributed by atoms with E-state index in [-0.39, 0.29) is 0 Å². The van der Waals surface area contributed by atoms with Crippen LogP contribution in [0, 0.1) is 6.07 Å². The van der Waals surface area contributed by atoms with Crippen LogP contribution in [-0.4, -0.2) is 4.98 Å². The molecule has 2 aromatic rings. The number of aromatic nitrogens is 1. The molecule has 2 rings (SSSR count). The number of nitrogens with zero attached hydrogens (tertiary/aromatic N) is 1. The van der Waals surface area contributed by atoms with E-state index in [0.717, 1.165) is 10.8 Å². The Labute approximate surface area is 62.1 Å². The Balaban J connectivity index is 2.48. The second kappa shape index (κ2) is 2.27. The largest absolute Gasteiger partial charge is 0.461 e. The first-order chi connectivity index (χ1) is 4.97. The molecule has 0 aliphatic carbocycles. The van der Waals surface area contributed by atoms with Crippen LogP contribution in [0.3, 0.4) is 0 Å². The quantitative estimate of drug-likeness (QED) is 0.622. The number of rotatable bonds is 1. The Morgan fingerprint density at radius 3 is 3.20 bits per heavy atom. The summed E-state index contributed by atoms with van der Waals surface area (Å²) in [6, 6.07) is 4.59. The Bertz CT molecular complexity index is 253. The Kier molecular flexibility index (Phi) is 1.29. The first kappa shape index (κ1) is 5.68. The van der Waals surface area contributed by atoms with Crippen LogP contribution in [0.4, 0.5) is 0 Å². The summed E-state index contributed by atoms with van der Waals surface area (Å²) in [4.78, 5) is 4.06. The molecule has 10 heavy (non-hydrogen) atoms. The van der Waals surface area contributed by atoms with Gasteiger partial charge in [0.2, 0.25) is 0 Å². The van der Waals surface area contributed by atoms with Crippen molar-refractivity contribution in [1.82, 2.24) is 4.98 Å². The number of hydrogen-bond acceptors (Lipinski definition) is 3. The normalized spacial score (nSPS) is 10.0. The molecular weight excluding hydrogens is 146 g/mol. The van der Waals surface area contributed by atoms with E-state index in [1.807, 2.05) is 5.38 Å². The van der Waals surface area contributed by atoms with E-state index in [1.54, 1.807) is 23.6 Å². The fraction of sp³-hybridized carbons (Fsp3) is 0. The highest BCUT2D eigenvalue weighted by molar-refractivity contribution is 7.13. The van der Waals surface area contributed by atoms with Gasteiger partial charge < -0.3 is 4.42 Å². The van der Waals surface area contributed by atoms with Gasteiger partial charge in [0.1, 0.15) is 0 Å². The van der Waals surface area contributed by atoms with Gasteiger partial charge in [0.15, 0.2) is 10.8 Å². The van der Waals surface area contributed by atoms with E-state index < -0.39 is 0 Å². The summed E-state index contributed by atoms with van der Waals surface area (Å²) in [6.45, 7) is 0. The minimum absolute atomic E-state index is 0.787. The van der Waals surface area contributed by atoms with Crippen molar-refractivity contribution >= 4 is 11.3 Å².